The van der Waals surface area contributed by atoms with E-state index in [2.05, 4.69) is 10.6 Å². The second-order valence-corrected chi connectivity index (χ2v) is 8.27. The van der Waals surface area contributed by atoms with Crippen molar-refractivity contribution in [1.82, 2.24) is 15.5 Å². The average molecular weight is 407 g/mol. The number of carbonyl (C=O) groups is 4. The zero-order valence-electron chi connectivity index (χ0n) is 15.7. The molecule has 0 aromatic heterocycles. The molecule has 150 valence electrons. The van der Waals surface area contributed by atoms with Crippen molar-refractivity contribution in [2.75, 3.05) is 43.9 Å². The first-order valence-electron chi connectivity index (χ1n) is 8.46. The molecular weight excluding hydrogens is 376 g/mol. The molecular formula is C16H30N4O4S2. The van der Waals surface area contributed by atoms with E-state index in [9.17, 15) is 19.2 Å². The van der Waals surface area contributed by atoms with Crippen LogP contribution >= 0.6 is 23.5 Å². The molecule has 4 N–H and O–H groups in total. The van der Waals surface area contributed by atoms with Crippen LogP contribution in [0.15, 0.2) is 0 Å². The smallest absolute Gasteiger partial charge is 0.230 e. The fourth-order valence-electron chi connectivity index (χ4n) is 1.89. The summed E-state index contributed by atoms with van der Waals surface area (Å²) in [5.74, 6) is -0.209. The fourth-order valence-corrected chi connectivity index (χ4v) is 2.84. The Morgan fingerprint density at radius 3 is 1.96 bits per heavy atom. The van der Waals surface area contributed by atoms with E-state index in [1.165, 1.54) is 16.7 Å². The highest BCUT2D eigenvalue weighted by atomic mass is 32.2. The monoisotopic (exact) mass is 406 g/mol. The molecule has 0 spiro atoms. The fraction of sp³-hybridized carbons (Fsp3) is 0.750. The highest BCUT2D eigenvalue weighted by Crippen LogP contribution is 2.07. The number of hydrogen-bond acceptors (Lipinski definition) is 6. The predicted molar refractivity (Wildman–Crippen MR) is 107 cm³/mol. The first-order chi connectivity index (χ1) is 12.3. The summed E-state index contributed by atoms with van der Waals surface area (Å²) in [5.41, 5.74) is 5.08. The maximum Gasteiger partial charge on any atom is 0.230 e. The Morgan fingerprint density at radius 2 is 1.50 bits per heavy atom. The quantitative estimate of drug-likeness (QED) is 0.368. The third-order valence-electron chi connectivity index (χ3n) is 3.17. The first kappa shape index (κ1) is 24.6. The summed E-state index contributed by atoms with van der Waals surface area (Å²) in [4.78, 5) is 47.8. The van der Waals surface area contributed by atoms with E-state index in [4.69, 9.17) is 5.73 Å². The van der Waals surface area contributed by atoms with Gasteiger partial charge in [-0.25, -0.2) is 0 Å². The van der Waals surface area contributed by atoms with Crippen molar-refractivity contribution >= 4 is 47.2 Å². The summed E-state index contributed by atoms with van der Waals surface area (Å²) in [6, 6.07) is 0. The molecule has 4 amide bonds. The van der Waals surface area contributed by atoms with Gasteiger partial charge >= 0.3 is 0 Å². The number of nitrogens with one attached hydrogen (secondary N) is 2. The van der Waals surface area contributed by atoms with Crippen LogP contribution < -0.4 is 16.4 Å². The van der Waals surface area contributed by atoms with E-state index < -0.39 is 5.91 Å². The van der Waals surface area contributed by atoms with E-state index in [-0.39, 0.29) is 30.6 Å². The van der Waals surface area contributed by atoms with Crippen molar-refractivity contribution < 1.29 is 19.2 Å². The lowest BCUT2D eigenvalue weighted by Gasteiger charge is -2.23. The molecule has 0 atom stereocenters. The minimum Gasteiger partial charge on any atom is -0.370 e. The second kappa shape index (κ2) is 14.7. The number of carbonyl (C=O) groups excluding carboxylic acids is 4. The maximum absolute atomic E-state index is 12.2. The van der Waals surface area contributed by atoms with Gasteiger partial charge in [0, 0.05) is 39.0 Å². The molecule has 0 bridgehead atoms. The number of amides is 4. The predicted octanol–water partition coefficient (Wildman–Crippen LogP) is -0.182. The van der Waals surface area contributed by atoms with Gasteiger partial charge in [-0.15, -0.1) is 11.8 Å². The van der Waals surface area contributed by atoms with Crippen LogP contribution in [-0.4, -0.2) is 77.7 Å². The normalized spacial score (nSPS) is 10.5. The Morgan fingerprint density at radius 1 is 0.962 bits per heavy atom. The van der Waals surface area contributed by atoms with Gasteiger partial charge < -0.3 is 21.3 Å². The van der Waals surface area contributed by atoms with Gasteiger partial charge in [0.1, 0.15) is 0 Å². The Labute approximate surface area is 163 Å². The van der Waals surface area contributed by atoms with Crippen molar-refractivity contribution in [3.63, 3.8) is 0 Å². The molecule has 0 rings (SSSR count). The lowest BCUT2D eigenvalue weighted by Crippen LogP contribution is -2.43. The van der Waals surface area contributed by atoms with Gasteiger partial charge in [-0.2, -0.15) is 11.8 Å². The van der Waals surface area contributed by atoms with Crippen LogP contribution in [-0.2, 0) is 19.2 Å². The van der Waals surface area contributed by atoms with Crippen LogP contribution in [0, 0.1) is 0 Å². The van der Waals surface area contributed by atoms with E-state index in [0.717, 1.165) is 0 Å². The topological polar surface area (TPSA) is 122 Å². The largest absolute Gasteiger partial charge is 0.370 e. The van der Waals surface area contributed by atoms with Crippen molar-refractivity contribution in [2.45, 2.75) is 31.9 Å². The summed E-state index contributed by atoms with van der Waals surface area (Å²) < 4.78 is 0. The van der Waals surface area contributed by atoms with E-state index in [1.54, 1.807) is 11.8 Å². The van der Waals surface area contributed by atoms with Gasteiger partial charge in [0.25, 0.3) is 0 Å². The van der Waals surface area contributed by atoms with Gasteiger partial charge in [-0.3, -0.25) is 19.2 Å². The Kier molecular flexibility index (Phi) is 13.9. The van der Waals surface area contributed by atoms with Crippen LogP contribution in [0.4, 0.5) is 0 Å². The van der Waals surface area contributed by atoms with Gasteiger partial charge in [0.05, 0.1) is 11.5 Å². The molecule has 0 heterocycles. The second-order valence-electron chi connectivity index (χ2n) is 5.84. The van der Waals surface area contributed by atoms with Crippen molar-refractivity contribution in [2.24, 2.45) is 5.73 Å². The first-order valence-corrected chi connectivity index (χ1v) is 10.9. The van der Waals surface area contributed by atoms with Gasteiger partial charge in [-0.05, 0) is 11.5 Å². The van der Waals surface area contributed by atoms with Crippen molar-refractivity contribution in [3.8, 4) is 0 Å². The Balaban J connectivity index is 4.38. The van der Waals surface area contributed by atoms with Gasteiger partial charge in [-0.1, -0.05) is 13.8 Å². The van der Waals surface area contributed by atoms with Crippen LogP contribution in [0.1, 0.15) is 26.7 Å². The molecule has 0 fully saturated rings. The van der Waals surface area contributed by atoms with Crippen LogP contribution in [0.5, 0.6) is 0 Å². The van der Waals surface area contributed by atoms with Gasteiger partial charge in [0.15, 0.2) is 0 Å². The third kappa shape index (κ3) is 13.8. The summed E-state index contributed by atoms with van der Waals surface area (Å²) in [6.45, 7) is 5.30. The van der Waals surface area contributed by atoms with Crippen LogP contribution in [0.2, 0.25) is 0 Å². The number of nitrogens with zero attached hydrogens (tertiary/aromatic N) is 1. The molecule has 0 saturated carbocycles. The number of hydrogen-bond donors (Lipinski definition) is 3. The SMILES string of the molecule is CSCC(=O)NCCN(CCNC(=O)CSC(C)C)C(=O)CCC(N)=O. The lowest BCUT2D eigenvalue weighted by molar-refractivity contribution is -0.133. The number of thioether (sulfide) groups is 2. The lowest BCUT2D eigenvalue weighted by atomic mass is 10.2. The molecule has 0 unspecified atom stereocenters. The molecule has 0 aromatic carbocycles. The highest BCUT2D eigenvalue weighted by Gasteiger charge is 2.15. The van der Waals surface area contributed by atoms with E-state index in [0.29, 0.717) is 42.9 Å². The van der Waals surface area contributed by atoms with Gasteiger partial charge in [0.2, 0.25) is 23.6 Å². The molecule has 0 saturated heterocycles. The van der Waals surface area contributed by atoms with Crippen molar-refractivity contribution in [3.05, 3.63) is 0 Å². The highest BCUT2D eigenvalue weighted by molar-refractivity contribution is 8.00. The standard InChI is InChI=1S/C16H30N4O4S2/c1-12(2)26-11-15(23)19-7-9-20(16(24)5-4-13(17)21)8-6-18-14(22)10-25-3/h12H,4-11H2,1-3H3,(H2,17,21)(H,18,22)(H,19,23). The summed E-state index contributed by atoms with van der Waals surface area (Å²) in [7, 11) is 0. The van der Waals surface area contributed by atoms with E-state index in [1.807, 2.05) is 20.1 Å². The molecule has 0 aliphatic heterocycles. The Hall–Kier alpha value is -1.42. The van der Waals surface area contributed by atoms with Crippen LogP contribution in [0.25, 0.3) is 0 Å². The average Bonchev–Trinajstić information content (AvgIpc) is 2.56. The molecule has 0 aliphatic rings. The number of primary amides is 1. The number of nitrogens with two attached hydrogens (primary N) is 1. The summed E-state index contributed by atoms with van der Waals surface area (Å²) in [6.07, 6.45) is 1.83. The molecule has 0 aliphatic carbocycles. The van der Waals surface area contributed by atoms with Crippen LogP contribution in [0.3, 0.4) is 0 Å². The molecule has 10 heteroatoms. The third-order valence-corrected chi connectivity index (χ3v) is 4.82. The minimum atomic E-state index is -0.536. The number of rotatable bonds is 14. The van der Waals surface area contributed by atoms with E-state index >= 15 is 0 Å². The molecule has 26 heavy (non-hydrogen) atoms. The maximum atomic E-state index is 12.2. The minimum absolute atomic E-state index is 0.0191. The molecule has 8 nitrogen and oxygen atoms in total. The zero-order valence-corrected chi connectivity index (χ0v) is 17.3. The Bertz CT molecular complexity index is 475. The molecule has 0 aromatic rings. The zero-order chi connectivity index (χ0) is 19.9. The summed E-state index contributed by atoms with van der Waals surface area (Å²) >= 11 is 2.96. The van der Waals surface area contributed by atoms with Crippen molar-refractivity contribution in [1.29, 1.82) is 0 Å². The molecule has 0 radical (unpaired) electrons. The summed E-state index contributed by atoms with van der Waals surface area (Å²) in [5, 5.41) is 5.87.